The predicted molar refractivity (Wildman–Crippen MR) is 99.1 cm³/mol. The molecule has 0 radical (unpaired) electrons. The lowest BCUT2D eigenvalue weighted by Crippen LogP contribution is -2.40. The van der Waals surface area contributed by atoms with Gasteiger partial charge in [0.05, 0.1) is 12.3 Å². The lowest BCUT2D eigenvalue weighted by Gasteiger charge is -2.10. The third kappa shape index (κ3) is 6.70. The van der Waals surface area contributed by atoms with Crippen LogP contribution in [0.3, 0.4) is 0 Å². The van der Waals surface area contributed by atoms with Gasteiger partial charge in [-0.1, -0.05) is 17.7 Å². The van der Waals surface area contributed by atoms with Crippen molar-refractivity contribution in [1.82, 2.24) is 25.9 Å². The minimum atomic E-state index is -3.54. The largest absolute Gasteiger partial charge is 0.494 e. The molecule has 0 saturated carbocycles. The molecule has 0 aliphatic carbocycles. The lowest BCUT2D eigenvalue weighted by atomic mass is 10.2. The topological polar surface area (TPSA) is 135 Å². The minimum Gasteiger partial charge on any atom is -0.494 e. The molecule has 0 fully saturated rings. The van der Waals surface area contributed by atoms with Crippen molar-refractivity contribution in [2.45, 2.75) is 25.3 Å². The van der Waals surface area contributed by atoms with Crippen LogP contribution in [0.25, 0.3) is 0 Å². The molecule has 0 spiro atoms. The minimum absolute atomic E-state index is 0.126. The fraction of sp³-hybridized carbons (Fsp3) is 0.375. The van der Waals surface area contributed by atoms with Crippen LogP contribution in [0.5, 0.6) is 5.75 Å². The summed E-state index contributed by atoms with van der Waals surface area (Å²) in [5.74, 6) is 0.649. The summed E-state index contributed by atoms with van der Waals surface area (Å²) in [6.07, 6.45) is 1.63. The Hall–Kier alpha value is -2.95. The SMILES string of the molecule is Cc1ccc(OCCCNC(=O)NNc2nnc(C)c(S(C)(=O)=O)n2)cc1. The first-order valence-electron chi connectivity index (χ1n) is 8.16. The molecule has 2 amide bonds. The van der Waals surface area contributed by atoms with E-state index in [0.717, 1.165) is 17.6 Å². The number of aromatic nitrogens is 3. The van der Waals surface area contributed by atoms with Crippen LogP contribution in [0, 0.1) is 13.8 Å². The van der Waals surface area contributed by atoms with Crippen molar-refractivity contribution in [1.29, 1.82) is 0 Å². The molecule has 0 aliphatic heterocycles. The number of amides is 2. The summed E-state index contributed by atoms with van der Waals surface area (Å²) in [5, 5.41) is 9.80. The normalized spacial score (nSPS) is 10.9. The van der Waals surface area contributed by atoms with Gasteiger partial charge in [-0.05, 0) is 32.4 Å². The van der Waals surface area contributed by atoms with Crippen molar-refractivity contribution >= 4 is 21.8 Å². The van der Waals surface area contributed by atoms with Crippen molar-refractivity contribution in [2.75, 3.05) is 24.8 Å². The van der Waals surface area contributed by atoms with Crippen molar-refractivity contribution in [3.05, 3.63) is 35.5 Å². The zero-order valence-electron chi connectivity index (χ0n) is 15.3. The van der Waals surface area contributed by atoms with Crippen LogP contribution >= 0.6 is 0 Å². The fourth-order valence-corrected chi connectivity index (χ4v) is 2.85. The first-order chi connectivity index (χ1) is 12.8. The van der Waals surface area contributed by atoms with Gasteiger partial charge in [0, 0.05) is 12.8 Å². The highest BCUT2D eigenvalue weighted by Gasteiger charge is 2.16. The number of rotatable bonds is 8. The van der Waals surface area contributed by atoms with Gasteiger partial charge in [0.15, 0.2) is 14.9 Å². The summed E-state index contributed by atoms with van der Waals surface area (Å²) in [5.41, 5.74) is 6.06. The Morgan fingerprint density at radius 3 is 2.52 bits per heavy atom. The quantitative estimate of drug-likeness (QED) is 0.445. The van der Waals surface area contributed by atoms with Crippen LogP contribution in [0.15, 0.2) is 29.3 Å². The third-order valence-corrected chi connectivity index (χ3v) is 4.44. The predicted octanol–water partition coefficient (Wildman–Crippen LogP) is 0.987. The Bertz CT molecular complexity index is 886. The van der Waals surface area contributed by atoms with Gasteiger partial charge >= 0.3 is 6.03 Å². The van der Waals surface area contributed by atoms with E-state index in [0.29, 0.717) is 19.6 Å². The van der Waals surface area contributed by atoms with Crippen LogP contribution in [0.2, 0.25) is 0 Å². The summed E-state index contributed by atoms with van der Waals surface area (Å²) in [4.78, 5) is 15.5. The molecule has 1 aromatic carbocycles. The number of hydrazine groups is 1. The van der Waals surface area contributed by atoms with Crippen LogP contribution < -0.4 is 20.9 Å². The van der Waals surface area contributed by atoms with Gasteiger partial charge in [-0.2, -0.15) is 4.98 Å². The molecule has 146 valence electrons. The van der Waals surface area contributed by atoms with Crippen molar-refractivity contribution in [3.8, 4) is 5.75 Å². The van der Waals surface area contributed by atoms with E-state index in [4.69, 9.17) is 4.74 Å². The Morgan fingerprint density at radius 1 is 1.15 bits per heavy atom. The molecule has 2 rings (SSSR count). The summed E-state index contributed by atoms with van der Waals surface area (Å²) in [6.45, 7) is 4.33. The van der Waals surface area contributed by atoms with E-state index in [-0.39, 0.29) is 16.7 Å². The number of sulfone groups is 1. The number of carbonyl (C=O) groups is 1. The number of urea groups is 1. The van der Waals surface area contributed by atoms with Gasteiger partial charge in [0.25, 0.3) is 5.95 Å². The summed E-state index contributed by atoms with van der Waals surface area (Å²) < 4.78 is 28.7. The van der Waals surface area contributed by atoms with Gasteiger partial charge in [-0.25, -0.2) is 18.6 Å². The fourth-order valence-electron chi connectivity index (χ4n) is 2.02. The van der Waals surface area contributed by atoms with Crippen molar-refractivity contribution < 1.29 is 17.9 Å². The van der Waals surface area contributed by atoms with E-state index in [9.17, 15) is 13.2 Å². The molecule has 0 aliphatic rings. The van der Waals surface area contributed by atoms with Gasteiger partial charge in [-0.15, -0.1) is 10.2 Å². The number of aryl methyl sites for hydroxylation is 2. The molecule has 10 nitrogen and oxygen atoms in total. The summed E-state index contributed by atoms with van der Waals surface area (Å²) in [6, 6.07) is 7.18. The molecule has 3 N–H and O–H groups in total. The van der Waals surface area contributed by atoms with Crippen LogP contribution in [-0.2, 0) is 9.84 Å². The standard InChI is InChI=1S/C16H22N6O4S/c1-11-5-7-13(8-6-11)26-10-4-9-17-16(23)22-21-15-18-14(27(3,24)25)12(2)19-20-15/h5-8H,4,9-10H2,1-3H3,(H2,17,22,23)(H,18,20,21). The monoisotopic (exact) mass is 394 g/mol. The van der Waals surface area contributed by atoms with E-state index in [2.05, 4.69) is 31.3 Å². The number of nitrogens with one attached hydrogen (secondary N) is 3. The zero-order chi connectivity index (χ0) is 19.9. The van der Waals surface area contributed by atoms with Crippen molar-refractivity contribution in [2.24, 2.45) is 0 Å². The Labute approximate surface area is 157 Å². The average Bonchev–Trinajstić information content (AvgIpc) is 2.61. The Balaban J connectivity index is 1.70. The van der Waals surface area contributed by atoms with Crippen LogP contribution in [0.4, 0.5) is 10.7 Å². The van der Waals surface area contributed by atoms with E-state index in [1.807, 2.05) is 31.2 Å². The first-order valence-corrected chi connectivity index (χ1v) is 10.1. The molecule has 11 heteroatoms. The van der Waals surface area contributed by atoms with E-state index in [1.54, 1.807) is 0 Å². The number of nitrogens with zero attached hydrogens (tertiary/aromatic N) is 3. The second kappa shape index (κ2) is 9.12. The highest BCUT2D eigenvalue weighted by atomic mass is 32.2. The molecule has 0 saturated heterocycles. The second-order valence-corrected chi connectivity index (χ2v) is 7.75. The highest BCUT2D eigenvalue weighted by molar-refractivity contribution is 7.90. The maximum atomic E-state index is 11.7. The molecule has 1 heterocycles. The number of hydrogen-bond donors (Lipinski definition) is 3. The molecule has 0 unspecified atom stereocenters. The lowest BCUT2D eigenvalue weighted by molar-refractivity contribution is 0.241. The third-order valence-electron chi connectivity index (χ3n) is 3.35. The maximum absolute atomic E-state index is 11.7. The maximum Gasteiger partial charge on any atom is 0.333 e. The first kappa shape index (κ1) is 20.4. The van der Waals surface area contributed by atoms with Gasteiger partial charge in [-0.3, -0.25) is 5.43 Å². The number of ether oxygens (including phenoxy) is 1. The van der Waals surface area contributed by atoms with Gasteiger partial charge in [0.1, 0.15) is 5.75 Å². The number of hydrogen-bond acceptors (Lipinski definition) is 8. The summed E-state index contributed by atoms with van der Waals surface area (Å²) in [7, 11) is -3.54. The smallest absolute Gasteiger partial charge is 0.333 e. The second-order valence-electron chi connectivity index (χ2n) is 5.82. The average molecular weight is 394 g/mol. The van der Waals surface area contributed by atoms with E-state index >= 15 is 0 Å². The van der Waals surface area contributed by atoms with Crippen LogP contribution in [-0.4, -0.2) is 49.0 Å². The van der Waals surface area contributed by atoms with E-state index in [1.165, 1.54) is 6.92 Å². The number of benzene rings is 1. The molecule has 0 atom stereocenters. The Kier molecular flexibility index (Phi) is 6.88. The number of carbonyl (C=O) groups excluding carboxylic acids is 1. The molecule has 2 aromatic rings. The molecular weight excluding hydrogens is 372 g/mol. The summed E-state index contributed by atoms with van der Waals surface area (Å²) >= 11 is 0. The zero-order valence-corrected chi connectivity index (χ0v) is 16.1. The van der Waals surface area contributed by atoms with Crippen molar-refractivity contribution in [3.63, 3.8) is 0 Å². The van der Waals surface area contributed by atoms with E-state index < -0.39 is 15.9 Å². The molecular formula is C16H22N6O4S. The van der Waals surface area contributed by atoms with Crippen LogP contribution in [0.1, 0.15) is 17.7 Å². The highest BCUT2D eigenvalue weighted by Crippen LogP contribution is 2.11. The number of anilines is 1. The van der Waals surface area contributed by atoms with Gasteiger partial charge in [0.2, 0.25) is 0 Å². The molecule has 1 aromatic heterocycles. The Morgan fingerprint density at radius 2 is 1.85 bits per heavy atom. The molecule has 0 bridgehead atoms. The van der Waals surface area contributed by atoms with Gasteiger partial charge < -0.3 is 10.1 Å². The molecule has 27 heavy (non-hydrogen) atoms.